The molecule has 0 aliphatic carbocycles. The molecule has 88 valence electrons. The number of hydrogen-bond acceptors (Lipinski definition) is 3. The number of nitrogens with zero attached hydrogens (tertiary/aromatic N) is 3. The Labute approximate surface area is 98.0 Å². The Kier molecular flexibility index (Phi) is 2.22. The minimum Gasteiger partial charge on any atom is -0.359 e. The lowest BCUT2D eigenvalue weighted by molar-refractivity contribution is 0.258. The summed E-state index contributed by atoms with van der Waals surface area (Å²) in [5.41, 5.74) is -0.0121. The average molecular weight is 233 g/mol. The van der Waals surface area contributed by atoms with E-state index in [2.05, 4.69) is 10.1 Å². The highest BCUT2D eigenvalue weighted by molar-refractivity contribution is 5.30. The molecular weight excluding hydrogens is 221 g/mol. The molecule has 1 aliphatic heterocycles. The monoisotopic (exact) mass is 233 g/mol. The van der Waals surface area contributed by atoms with Gasteiger partial charge < -0.3 is 4.74 Å². The molecule has 1 fully saturated rings. The first-order valence-corrected chi connectivity index (χ1v) is 5.47. The van der Waals surface area contributed by atoms with Crippen LogP contribution in [0, 0.1) is 5.82 Å². The molecule has 0 amide bonds. The summed E-state index contributed by atoms with van der Waals surface area (Å²) in [6.45, 7) is 2.42. The largest absolute Gasteiger partial charge is 0.359 e. The van der Waals surface area contributed by atoms with Crippen LogP contribution in [-0.2, 0) is 16.9 Å². The van der Waals surface area contributed by atoms with Crippen LogP contribution < -0.4 is 0 Å². The first-order valence-electron chi connectivity index (χ1n) is 5.47. The van der Waals surface area contributed by atoms with Crippen molar-refractivity contribution in [2.75, 3.05) is 0 Å². The molecule has 5 heteroatoms. The van der Waals surface area contributed by atoms with Gasteiger partial charge in [-0.3, -0.25) is 0 Å². The van der Waals surface area contributed by atoms with Gasteiger partial charge in [-0.15, -0.1) is 0 Å². The third-order valence-electron chi connectivity index (χ3n) is 3.18. The second-order valence-corrected chi connectivity index (χ2v) is 4.22. The molecule has 0 radical (unpaired) electrons. The van der Waals surface area contributed by atoms with Crippen molar-refractivity contribution in [2.24, 2.45) is 0 Å². The molecule has 1 aromatic carbocycles. The summed E-state index contributed by atoms with van der Waals surface area (Å²) < 4.78 is 21.1. The van der Waals surface area contributed by atoms with Crippen molar-refractivity contribution in [3.63, 3.8) is 0 Å². The minimum absolute atomic E-state index is 0.0106. The molecule has 1 aromatic heterocycles. The van der Waals surface area contributed by atoms with Crippen molar-refractivity contribution in [3.05, 3.63) is 48.3 Å². The van der Waals surface area contributed by atoms with Gasteiger partial charge in [-0.2, -0.15) is 5.10 Å². The Morgan fingerprint density at radius 3 is 2.82 bits per heavy atom. The zero-order valence-electron chi connectivity index (χ0n) is 9.38. The predicted molar refractivity (Wildman–Crippen MR) is 58.6 cm³/mol. The van der Waals surface area contributed by atoms with E-state index in [9.17, 15) is 4.39 Å². The van der Waals surface area contributed by atoms with Gasteiger partial charge >= 0.3 is 0 Å². The second-order valence-electron chi connectivity index (χ2n) is 4.22. The van der Waals surface area contributed by atoms with Gasteiger partial charge in [0.15, 0.2) is 0 Å². The lowest BCUT2D eigenvalue weighted by Gasteiger charge is -2.13. The molecule has 3 rings (SSSR count). The highest BCUT2D eigenvalue weighted by atomic mass is 19.1. The normalized spacial score (nSPS) is 27.1. The van der Waals surface area contributed by atoms with Crippen LogP contribution in [0.4, 0.5) is 4.39 Å². The van der Waals surface area contributed by atoms with Gasteiger partial charge in [0.25, 0.3) is 0 Å². The summed E-state index contributed by atoms with van der Waals surface area (Å²) in [6, 6.07) is 6.70. The second kappa shape index (κ2) is 3.63. The van der Waals surface area contributed by atoms with Crippen LogP contribution >= 0.6 is 0 Å². The number of ether oxygens (including phenoxy) is 1. The Morgan fingerprint density at radius 1 is 1.47 bits per heavy atom. The predicted octanol–water partition coefficient (Wildman–Crippen LogP) is 1.73. The van der Waals surface area contributed by atoms with Gasteiger partial charge in [0.2, 0.25) is 0 Å². The van der Waals surface area contributed by atoms with Gasteiger partial charge in [-0.1, -0.05) is 18.2 Å². The molecule has 1 saturated heterocycles. The molecule has 2 heterocycles. The van der Waals surface area contributed by atoms with Crippen molar-refractivity contribution in [2.45, 2.75) is 25.2 Å². The zero-order chi connectivity index (χ0) is 11.9. The van der Waals surface area contributed by atoms with Crippen LogP contribution in [0.2, 0.25) is 0 Å². The Balaban J connectivity index is 1.96. The van der Waals surface area contributed by atoms with Gasteiger partial charge in [0, 0.05) is 5.56 Å². The fourth-order valence-electron chi connectivity index (χ4n) is 2.17. The van der Waals surface area contributed by atoms with Crippen LogP contribution in [-0.4, -0.2) is 20.9 Å². The molecule has 4 nitrogen and oxygen atoms in total. The van der Waals surface area contributed by atoms with Crippen LogP contribution in [0.15, 0.2) is 36.9 Å². The van der Waals surface area contributed by atoms with E-state index >= 15 is 0 Å². The third-order valence-corrected chi connectivity index (χ3v) is 3.18. The van der Waals surface area contributed by atoms with Crippen LogP contribution in [0.25, 0.3) is 0 Å². The molecule has 2 atom stereocenters. The van der Waals surface area contributed by atoms with Gasteiger partial charge in [-0.05, 0) is 13.0 Å². The van der Waals surface area contributed by atoms with E-state index in [1.54, 1.807) is 23.1 Å². The molecule has 0 N–H and O–H groups in total. The van der Waals surface area contributed by atoms with Crippen molar-refractivity contribution >= 4 is 0 Å². The number of benzene rings is 1. The quantitative estimate of drug-likeness (QED) is 0.758. The van der Waals surface area contributed by atoms with Crippen LogP contribution in [0.1, 0.15) is 12.5 Å². The summed E-state index contributed by atoms with van der Waals surface area (Å²) in [5, 5.41) is 4.03. The highest BCUT2D eigenvalue weighted by Gasteiger charge is 2.56. The van der Waals surface area contributed by atoms with E-state index in [4.69, 9.17) is 4.74 Å². The van der Waals surface area contributed by atoms with E-state index in [-0.39, 0.29) is 11.9 Å². The Hall–Kier alpha value is -1.75. The summed E-state index contributed by atoms with van der Waals surface area (Å²) in [5.74, 6) is -0.239. The van der Waals surface area contributed by atoms with E-state index < -0.39 is 5.60 Å². The standard InChI is InChI=1S/C12H12FN3O/c1-9-12(17-9,6-16-8-14-7-15-16)10-4-2-3-5-11(10)13/h2-5,7-9H,6H2,1H3. The van der Waals surface area contributed by atoms with Crippen molar-refractivity contribution in [1.29, 1.82) is 0 Å². The third kappa shape index (κ3) is 1.63. The molecule has 17 heavy (non-hydrogen) atoms. The summed E-state index contributed by atoms with van der Waals surface area (Å²) in [6.07, 6.45) is 3.06. The molecule has 0 bridgehead atoms. The lowest BCUT2D eigenvalue weighted by Crippen LogP contribution is -2.21. The molecule has 1 aliphatic rings. The number of epoxide rings is 1. The Morgan fingerprint density at radius 2 is 2.24 bits per heavy atom. The van der Waals surface area contributed by atoms with Gasteiger partial charge in [-0.25, -0.2) is 14.1 Å². The van der Waals surface area contributed by atoms with Crippen molar-refractivity contribution < 1.29 is 9.13 Å². The number of rotatable bonds is 3. The highest BCUT2D eigenvalue weighted by Crippen LogP contribution is 2.48. The average Bonchev–Trinajstić information content (AvgIpc) is 2.76. The minimum atomic E-state index is -0.598. The first-order chi connectivity index (χ1) is 8.22. The smallest absolute Gasteiger partial charge is 0.142 e. The fourth-order valence-corrected chi connectivity index (χ4v) is 2.17. The Bertz CT molecular complexity index is 528. The van der Waals surface area contributed by atoms with E-state index in [1.807, 2.05) is 13.0 Å². The number of hydrogen-bond donors (Lipinski definition) is 0. The van der Waals surface area contributed by atoms with E-state index in [0.717, 1.165) is 0 Å². The summed E-state index contributed by atoms with van der Waals surface area (Å²) >= 11 is 0. The zero-order valence-corrected chi connectivity index (χ0v) is 9.38. The topological polar surface area (TPSA) is 43.2 Å². The van der Waals surface area contributed by atoms with Gasteiger partial charge in [0.1, 0.15) is 24.1 Å². The maximum absolute atomic E-state index is 13.8. The molecular formula is C12H12FN3O. The molecule has 0 saturated carbocycles. The summed E-state index contributed by atoms with van der Waals surface area (Å²) in [4.78, 5) is 3.88. The van der Waals surface area contributed by atoms with Crippen molar-refractivity contribution in [3.8, 4) is 0 Å². The van der Waals surface area contributed by atoms with E-state index in [0.29, 0.717) is 12.1 Å². The first kappa shape index (κ1) is 10.4. The maximum atomic E-state index is 13.8. The van der Waals surface area contributed by atoms with Crippen LogP contribution in [0.3, 0.4) is 0 Å². The maximum Gasteiger partial charge on any atom is 0.142 e. The van der Waals surface area contributed by atoms with Crippen molar-refractivity contribution in [1.82, 2.24) is 14.8 Å². The molecule has 0 spiro atoms. The molecule has 2 aromatic rings. The van der Waals surface area contributed by atoms with Crippen LogP contribution in [0.5, 0.6) is 0 Å². The number of aromatic nitrogens is 3. The lowest BCUT2D eigenvalue weighted by atomic mass is 9.95. The molecule has 2 unspecified atom stereocenters. The fraction of sp³-hybridized carbons (Fsp3) is 0.333. The number of halogens is 1. The SMILES string of the molecule is CC1OC1(Cn1cncn1)c1ccccc1F. The van der Waals surface area contributed by atoms with Gasteiger partial charge in [0.05, 0.1) is 12.6 Å². The summed E-state index contributed by atoms with van der Waals surface area (Å²) in [7, 11) is 0. The van der Waals surface area contributed by atoms with E-state index in [1.165, 1.54) is 12.4 Å².